The lowest BCUT2D eigenvalue weighted by Crippen LogP contribution is -2.38. The van der Waals surface area contributed by atoms with Gasteiger partial charge in [-0.3, -0.25) is 9.59 Å². The van der Waals surface area contributed by atoms with Crippen LogP contribution in [-0.2, 0) is 20.6 Å². The van der Waals surface area contributed by atoms with Crippen LogP contribution in [0, 0.1) is 0 Å². The molecule has 22 heavy (non-hydrogen) atoms. The third-order valence-electron chi connectivity index (χ3n) is 2.99. The summed E-state index contributed by atoms with van der Waals surface area (Å²) in [5.74, 6) is -1.68. The molecule has 0 aromatic heterocycles. The zero-order chi connectivity index (χ0) is 16.9. The summed E-state index contributed by atoms with van der Waals surface area (Å²) in [7, 11) is -3.68. The number of primary sulfonamides is 1. The highest BCUT2D eigenvalue weighted by molar-refractivity contribution is 7.88. The van der Waals surface area contributed by atoms with E-state index in [2.05, 4.69) is 0 Å². The highest BCUT2D eigenvalue weighted by atomic mass is 32.2. The van der Waals surface area contributed by atoms with Crippen LogP contribution in [0.4, 0.5) is 0 Å². The van der Waals surface area contributed by atoms with Crippen molar-refractivity contribution in [1.82, 2.24) is 4.90 Å². The first-order chi connectivity index (χ1) is 10.1. The maximum Gasteiger partial charge on any atom is 0.305 e. The lowest BCUT2D eigenvalue weighted by atomic mass is 10.1. The van der Waals surface area contributed by atoms with E-state index in [0.29, 0.717) is 11.1 Å². The molecule has 122 valence electrons. The highest BCUT2D eigenvalue weighted by Gasteiger charge is 2.20. The molecular weight excluding hydrogens is 308 g/mol. The third-order valence-corrected chi connectivity index (χ3v) is 3.73. The van der Waals surface area contributed by atoms with Gasteiger partial charge in [0.1, 0.15) is 0 Å². The van der Waals surface area contributed by atoms with Crippen LogP contribution in [0.2, 0.25) is 0 Å². The molecule has 8 heteroatoms. The van der Waals surface area contributed by atoms with Crippen molar-refractivity contribution in [3.63, 3.8) is 0 Å². The molecule has 1 aromatic carbocycles. The van der Waals surface area contributed by atoms with Crippen LogP contribution in [0.25, 0.3) is 0 Å². The Balaban J connectivity index is 2.99. The summed E-state index contributed by atoms with van der Waals surface area (Å²) in [6, 6.07) is 5.99. The zero-order valence-corrected chi connectivity index (χ0v) is 13.3. The van der Waals surface area contributed by atoms with Crippen LogP contribution in [0.15, 0.2) is 24.3 Å². The van der Waals surface area contributed by atoms with Crippen LogP contribution in [-0.4, -0.2) is 42.9 Å². The van der Waals surface area contributed by atoms with Gasteiger partial charge in [0.2, 0.25) is 10.0 Å². The summed E-state index contributed by atoms with van der Waals surface area (Å²) in [6.07, 6.45) is -0.152. The lowest BCUT2D eigenvalue weighted by Gasteiger charge is -2.26. The van der Waals surface area contributed by atoms with E-state index in [1.807, 2.05) is 0 Å². The molecule has 0 atom stereocenters. The summed E-state index contributed by atoms with van der Waals surface area (Å²) >= 11 is 0. The fourth-order valence-corrected chi connectivity index (χ4v) is 2.65. The minimum Gasteiger partial charge on any atom is -0.481 e. The number of rotatable bonds is 7. The first-order valence-electron chi connectivity index (χ1n) is 6.72. The molecule has 0 aliphatic heterocycles. The van der Waals surface area contributed by atoms with Crippen molar-refractivity contribution in [2.24, 2.45) is 5.14 Å². The van der Waals surface area contributed by atoms with Gasteiger partial charge in [0.05, 0.1) is 12.2 Å². The second-order valence-corrected chi connectivity index (χ2v) is 6.86. The average molecular weight is 328 g/mol. The van der Waals surface area contributed by atoms with Crippen molar-refractivity contribution in [2.75, 3.05) is 6.54 Å². The zero-order valence-electron chi connectivity index (χ0n) is 12.5. The number of benzene rings is 1. The van der Waals surface area contributed by atoms with Gasteiger partial charge in [-0.2, -0.15) is 0 Å². The maximum atomic E-state index is 12.5. The molecule has 0 spiro atoms. The third kappa shape index (κ3) is 5.82. The van der Waals surface area contributed by atoms with Gasteiger partial charge in [0, 0.05) is 18.2 Å². The number of hydrogen-bond acceptors (Lipinski definition) is 4. The molecule has 0 unspecified atom stereocenters. The van der Waals surface area contributed by atoms with E-state index < -0.39 is 16.0 Å². The molecule has 1 amide bonds. The average Bonchev–Trinajstić information content (AvgIpc) is 2.36. The number of nitrogens with zero attached hydrogens (tertiary/aromatic N) is 1. The number of hydrogen-bond donors (Lipinski definition) is 2. The Morgan fingerprint density at radius 3 is 2.45 bits per heavy atom. The predicted octanol–water partition coefficient (Wildman–Crippen LogP) is 0.800. The molecule has 0 fully saturated rings. The van der Waals surface area contributed by atoms with E-state index in [-0.39, 0.29) is 30.7 Å². The van der Waals surface area contributed by atoms with E-state index in [9.17, 15) is 18.0 Å². The van der Waals surface area contributed by atoms with E-state index in [1.165, 1.54) is 11.0 Å². The summed E-state index contributed by atoms with van der Waals surface area (Å²) in [6.45, 7) is 3.66. The van der Waals surface area contributed by atoms with Gasteiger partial charge in [-0.25, -0.2) is 13.6 Å². The normalized spacial score (nSPS) is 11.5. The minimum atomic E-state index is -3.68. The lowest BCUT2D eigenvalue weighted by molar-refractivity contribution is -0.137. The number of aliphatic carboxylic acids is 1. The molecule has 3 N–H and O–H groups in total. The molecule has 0 aliphatic rings. The standard InChI is InChI=1S/C14H20N2O5S/c1-10(2)16(7-6-13(17)18)14(19)12-5-3-4-11(8-12)9-22(15,20)21/h3-5,8,10H,6-7,9H2,1-2H3,(H,17,18)(H2,15,20,21). The van der Waals surface area contributed by atoms with E-state index >= 15 is 0 Å². The molecule has 1 aromatic rings. The number of carbonyl (C=O) groups is 2. The van der Waals surface area contributed by atoms with E-state index in [4.69, 9.17) is 10.2 Å². The quantitative estimate of drug-likeness (QED) is 0.767. The summed E-state index contributed by atoms with van der Waals surface area (Å²) < 4.78 is 22.2. The van der Waals surface area contributed by atoms with Gasteiger partial charge in [-0.15, -0.1) is 0 Å². The SMILES string of the molecule is CC(C)N(CCC(=O)O)C(=O)c1cccc(CS(N)(=O)=O)c1. The summed E-state index contributed by atoms with van der Waals surface area (Å²) in [5, 5.41) is 13.7. The fourth-order valence-electron chi connectivity index (χ4n) is 2.00. The molecule has 0 saturated carbocycles. The first kappa shape index (κ1) is 18.1. The van der Waals surface area contributed by atoms with Crippen LogP contribution in [0.1, 0.15) is 36.2 Å². The predicted molar refractivity (Wildman–Crippen MR) is 81.7 cm³/mol. The Hall–Kier alpha value is -1.93. The number of carboxylic acids is 1. The van der Waals surface area contributed by atoms with Crippen molar-refractivity contribution in [1.29, 1.82) is 0 Å². The maximum absolute atomic E-state index is 12.5. The molecule has 0 radical (unpaired) electrons. The molecule has 0 saturated heterocycles. The van der Waals surface area contributed by atoms with Crippen molar-refractivity contribution in [3.05, 3.63) is 35.4 Å². The van der Waals surface area contributed by atoms with Gasteiger partial charge in [-0.05, 0) is 31.5 Å². The van der Waals surface area contributed by atoms with Gasteiger partial charge >= 0.3 is 5.97 Å². The van der Waals surface area contributed by atoms with Crippen molar-refractivity contribution < 1.29 is 23.1 Å². The summed E-state index contributed by atoms with van der Waals surface area (Å²) in [4.78, 5) is 24.6. The Labute approximate surface area is 129 Å². The number of carboxylic acid groups (broad SMARTS) is 1. The van der Waals surface area contributed by atoms with Crippen molar-refractivity contribution in [3.8, 4) is 0 Å². The number of amides is 1. The Morgan fingerprint density at radius 1 is 1.32 bits per heavy atom. The van der Waals surface area contributed by atoms with Crippen LogP contribution >= 0.6 is 0 Å². The Kier molecular flexibility index (Phi) is 6.07. The largest absolute Gasteiger partial charge is 0.481 e. The molecule has 1 rings (SSSR count). The van der Waals surface area contributed by atoms with Gasteiger partial charge in [0.25, 0.3) is 5.91 Å². The number of nitrogens with two attached hydrogens (primary N) is 1. The van der Waals surface area contributed by atoms with E-state index in [1.54, 1.807) is 32.0 Å². The monoisotopic (exact) mass is 328 g/mol. The van der Waals surface area contributed by atoms with Crippen LogP contribution in [0.3, 0.4) is 0 Å². The number of sulfonamides is 1. The van der Waals surface area contributed by atoms with Crippen LogP contribution < -0.4 is 5.14 Å². The van der Waals surface area contributed by atoms with Crippen molar-refractivity contribution in [2.45, 2.75) is 32.1 Å². The first-order valence-corrected chi connectivity index (χ1v) is 8.44. The number of carbonyl (C=O) groups excluding carboxylic acids is 1. The van der Waals surface area contributed by atoms with Crippen LogP contribution in [0.5, 0.6) is 0 Å². The topological polar surface area (TPSA) is 118 Å². The minimum absolute atomic E-state index is 0.0885. The van der Waals surface area contributed by atoms with Gasteiger partial charge in [-0.1, -0.05) is 12.1 Å². The Bertz CT molecular complexity index is 655. The molecule has 0 heterocycles. The second-order valence-electron chi connectivity index (χ2n) is 5.24. The Morgan fingerprint density at radius 2 is 1.95 bits per heavy atom. The molecular formula is C14H20N2O5S. The summed E-state index contributed by atoms with van der Waals surface area (Å²) in [5.41, 5.74) is 0.718. The van der Waals surface area contributed by atoms with Gasteiger partial charge in [0.15, 0.2) is 0 Å². The fraction of sp³-hybridized carbons (Fsp3) is 0.429. The smallest absolute Gasteiger partial charge is 0.305 e. The molecule has 0 bridgehead atoms. The van der Waals surface area contributed by atoms with Gasteiger partial charge < -0.3 is 10.0 Å². The van der Waals surface area contributed by atoms with Crippen molar-refractivity contribution >= 4 is 21.9 Å². The molecule has 0 aliphatic carbocycles. The van der Waals surface area contributed by atoms with E-state index in [0.717, 1.165) is 0 Å². The highest BCUT2D eigenvalue weighted by Crippen LogP contribution is 2.13. The second kappa shape index (κ2) is 7.37. The molecule has 7 nitrogen and oxygen atoms in total.